The van der Waals surface area contributed by atoms with Crippen LogP contribution >= 0.6 is 11.3 Å². The average Bonchev–Trinajstić information content (AvgIpc) is 2.80. The fourth-order valence-corrected chi connectivity index (χ4v) is 3.00. The molecule has 1 aliphatic rings. The van der Waals surface area contributed by atoms with Crippen LogP contribution in [0.2, 0.25) is 0 Å². The van der Waals surface area contributed by atoms with Gasteiger partial charge in [0.2, 0.25) is 5.91 Å². The van der Waals surface area contributed by atoms with Gasteiger partial charge in [-0.3, -0.25) is 4.79 Å². The SMILES string of the molecule is CC(C)CCC(=O)N1CCCN(c2nccs2)CC1. The van der Waals surface area contributed by atoms with Gasteiger partial charge in [0, 0.05) is 44.2 Å². The van der Waals surface area contributed by atoms with Gasteiger partial charge >= 0.3 is 0 Å². The Morgan fingerprint density at radius 2 is 2.21 bits per heavy atom. The molecule has 1 aromatic rings. The summed E-state index contributed by atoms with van der Waals surface area (Å²) in [5.74, 6) is 0.914. The van der Waals surface area contributed by atoms with Gasteiger partial charge in [0.1, 0.15) is 0 Å². The van der Waals surface area contributed by atoms with Gasteiger partial charge in [-0.1, -0.05) is 13.8 Å². The number of hydrogen-bond donors (Lipinski definition) is 0. The Morgan fingerprint density at radius 3 is 2.89 bits per heavy atom. The van der Waals surface area contributed by atoms with Crippen molar-refractivity contribution >= 4 is 22.4 Å². The first-order valence-electron chi connectivity index (χ1n) is 7.09. The number of carbonyl (C=O) groups is 1. The molecular formula is C14H23N3OS. The zero-order valence-electron chi connectivity index (χ0n) is 11.8. The molecule has 1 saturated heterocycles. The van der Waals surface area contributed by atoms with Crippen molar-refractivity contribution in [3.63, 3.8) is 0 Å². The largest absolute Gasteiger partial charge is 0.346 e. The summed E-state index contributed by atoms with van der Waals surface area (Å²) >= 11 is 1.67. The van der Waals surface area contributed by atoms with E-state index in [0.717, 1.165) is 44.2 Å². The Hall–Kier alpha value is -1.10. The topological polar surface area (TPSA) is 36.4 Å². The van der Waals surface area contributed by atoms with E-state index < -0.39 is 0 Å². The molecule has 0 atom stereocenters. The molecular weight excluding hydrogens is 258 g/mol. The van der Waals surface area contributed by atoms with Gasteiger partial charge in [-0.25, -0.2) is 4.98 Å². The molecule has 0 N–H and O–H groups in total. The molecule has 0 bridgehead atoms. The van der Waals surface area contributed by atoms with Crippen LogP contribution in [0.4, 0.5) is 5.13 Å². The third kappa shape index (κ3) is 4.20. The molecule has 0 radical (unpaired) electrons. The van der Waals surface area contributed by atoms with Gasteiger partial charge < -0.3 is 9.80 Å². The number of thiazole rings is 1. The van der Waals surface area contributed by atoms with E-state index in [2.05, 4.69) is 23.7 Å². The molecule has 0 spiro atoms. The third-order valence-corrected chi connectivity index (χ3v) is 4.31. The minimum absolute atomic E-state index is 0.315. The molecule has 106 valence electrons. The summed E-state index contributed by atoms with van der Waals surface area (Å²) < 4.78 is 0. The second-order valence-electron chi connectivity index (χ2n) is 5.47. The minimum atomic E-state index is 0.315. The van der Waals surface area contributed by atoms with Gasteiger partial charge in [0.05, 0.1) is 0 Å². The number of rotatable bonds is 4. The van der Waals surface area contributed by atoms with Crippen LogP contribution in [0, 0.1) is 5.92 Å². The number of anilines is 1. The molecule has 1 fully saturated rings. The standard InChI is InChI=1S/C14H23N3OS/c1-12(2)4-5-13(18)16-7-3-8-17(10-9-16)14-15-6-11-19-14/h6,11-12H,3-5,7-10H2,1-2H3. The molecule has 0 saturated carbocycles. The summed E-state index contributed by atoms with van der Waals surface area (Å²) in [6.07, 6.45) is 4.56. The van der Waals surface area contributed by atoms with Crippen molar-refractivity contribution in [2.45, 2.75) is 33.1 Å². The Balaban J connectivity index is 1.84. The first-order valence-corrected chi connectivity index (χ1v) is 7.97. The van der Waals surface area contributed by atoms with Crippen LogP contribution in [0.1, 0.15) is 33.1 Å². The van der Waals surface area contributed by atoms with Gasteiger partial charge in [-0.15, -0.1) is 11.3 Å². The van der Waals surface area contributed by atoms with Gasteiger partial charge in [-0.05, 0) is 18.8 Å². The molecule has 19 heavy (non-hydrogen) atoms. The first-order chi connectivity index (χ1) is 9.16. The number of hydrogen-bond acceptors (Lipinski definition) is 4. The fraction of sp³-hybridized carbons (Fsp3) is 0.714. The van der Waals surface area contributed by atoms with E-state index in [1.54, 1.807) is 11.3 Å². The second-order valence-corrected chi connectivity index (χ2v) is 6.34. The highest BCUT2D eigenvalue weighted by atomic mass is 32.1. The van der Waals surface area contributed by atoms with Gasteiger partial charge in [-0.2, -0.15) is 0 Å². The number of carbonyl (C=O) groups excluding carboxylic acids is 1. The van der Waals surface area contributed by atoms with E-state index in [9.17, 15) is 4.79 Å². The lowest BCUT2D eigenvalue weighted by Crippen LogP contribution is -2.35. The lowest BCUT2D eigenvalue weighted by Gasteiger charge is -2.22. The Bertz CT molecular complexity index is 391. The van der Waals surface area contributed by atoms with E-state index in [4.69, 9.17) is 0 Å². The predicted molar refractivity (Wildman–Crippen MR) is 79.6 cm³/mol. The first kappa shape index (κ1) is 14.3. The summed E-state index contributed by atoms with van der Waals surface area (Å²) in [6, 6.07) is 0. The minimum Gasteiger partial charge on any atom is -0.346 e. The number of amides is 1. The van der Waals surface area contributed by atoms with Crippen LogP contribution in [-0.2, 0) is 4.79 Å². The van der Waals surface area contributed by atoms with E-state index in [0.29, 0.717) is 18.2 Å². The van der Waals surface area contributed by atoms with Crippen molar-refractivity contribution < 1.29 is 4.79 Å². The summed E-state index contributed by atoms with van der Waals surface area (Å²) in [5.41, 5.74) is 0. The molecule has 5 heteroatoms. The Labute approximate surface area is 119 Å². The maximum atomic E-state index is 12.1. The van der Waals surface area contributed by atoms with Crippen molar-refractivity contribution in [2.24, 2.45) is 5.92 Å². The van der Waals surface area contributed by atoms with Crippen molar-refractivity contribution in [3.8, 4) is 0 Å². The van der Waals surface area contributed by atoms with Crippen LogP contribution in [0.15, 0.2) is 11.6 Å². The molecule has 0 unspecified atom stereocenters. The van der Waals surface area contributed by atoms with Crippen molar-refractivity contribution in [3.05, 3.63) is 11.6 Å². The third-order valence-electron chi connectivity index (χ3n) is 3.47. The Kier molecular flexibility index (Phi) is 5.19. The molecule has 2 rings (SSSR count). The molecule has 1 amide bonds. The highest BCUT2D eigenvalue weighted by molar-refractivity contribution is 7.13. The molecule has 1 aliphatic heterocycles. The zero-order chi connectivity index (χ0) is 13.7. The maximum Gasteiger partial charge on any atom is 0.222 e. The van der Waals surface area contributed by atoms with Crippen molar-refractivity contribution in [2.75, 3.05) is 31.1 Å². The van der Waals surface area contributed by atoms with Crippen LogP contribution in [0.5, 0.6) is 0 Å². The monoisotopic (exact) mass is 281 g/mol. The van der Waals surface area contributed by atoms with E-state index >= 15 is 0 Å². The fourth-order valence-electron chi connectivity index (χ4n) is 2.30. The summed E-state index contributed by atoms with van der Waals surface area (Å²) in [7, 11) is 0. The highest BCUT2D eigenvalue weighted by Gasteiger charge is 2.20. The average molecular weight is 281 g/mol. The van der Waals surface area contributed by atoms with E-state index in [1.165, 1.54) is 0 Å². The van der Waals surface area contributed by atoms with Crippen molar-refractivity contribution in [1.82, 2.24) is 9.88 Å². The van der Waals surface area contributed by atoms with Crippen molar-refractivity contribution in [1.29, 1.82) is 0 Å². The number of nitrogens with zero attached hydrogens (tertiary/aromatic N) is 3. The molecule has 4 nitrogen and oxygen atoms in total. The zero-order valence-corrected chi connectivity index (χ0v) is 12.7. The summed E-state index contributed by atoms with van der Waals surface area (Å²) in [4.78, 5) is 20.8. The van der Waals surface area contributed by atoms with E-state index in [1.807, 2.05) is 16.5 Å². The molecule has 0 aromatic carbocycles. The molecule has 1 aromatic heterocycles. The second kappa shape index (κ2) is 6.89. The molecule has 0 aliphatic carbocycles. The lowest BCUT2D eigenvalue weighted by molar-refractivity contribution is -0.131. The van der Waals surface area contributed by atoms with Crippen LogP contribution in [-0.4, -0.2) is 42.0 Å². The van der Waals surface area contributed by atoms with Gasteiger partial charge in [0.15, 0.2) is 5.13 Å². The quantitative estimate of drug-likeness (QED) is 0.851. The van der Waals surface area contributed by atoms with Gasteiger partial charge in [0.25, 0.3) is 0 Å². The predicted octanol–water partition coefficient (Wildman–Crippen LogP) is 2.62. The smallest absolute Gasteiger partial charge is 0.222 e. The normalized spacial score (nSPS) is 16.8. The number of aromatic nitrogens is 1. The lowest BCUT2D eigenvalue weighted by atomic mass is 10.1. The highest BCUT2D eigenvalue weighted by Crippen LogP contribution is 2.19. The summed E-state index contributed by atoms with van der Waals surface area (Å²) in [6.45, 7) is 7.96. The van der Waals surface area contributed by atoms with Crippen LogP contribution < -0.4 is 4.90 Å². The summed E-state index contributed by atoms with van der Waals surface area (Å²) in [5, 5.41) is 3.09. The van der Waals surface area contributed by atoms with Crippen LogP contribution in [0.3, 0.4) is 0 Å². The maximum absolute atomic E-state index is 12.1. The Morgan fingerprint density at radius 1 is 1.37 bits per heavy atom. The van der Waals surface area contributed by atoms with E-state index in [-0.39, 0.29) is 0 Å². The van der Waals surface area contributed by atoms with Crippen LogP contribution in [0.25, 0.3) is 0 Å². The molecule has 2 heterocycles.